The summed E-state index contributed by atoms with van der Waals surface area (Å²) in [5.41, 5.74) is 0.574. The van der Waals surface area contributed by atoms with Crippen LogP contribution in [0.5, 0.6) is 0 Å². The Labute approximate surface area is 107 Å². The summed E-state index contributed by atoms with van der Waals surface area (Å²) >= 11 is 4.73. The number of benzene rings is 1. The highest BCUT2D eigenvalue weighted by molar-refractivity contribution is 9.10. The van der Waals surface area contributed by atoms with Gasteiger partial charge < -0.3 is 5.11 Å². The molecule has 1 aromatic rings. The van der Waals surface area contributed by atoms with E-state index in [1.54, 1.807) is 12.1 Å². The first kappa shape index (κ1) is 13.1. The highest BCUT2D eigenvalue weighted by atomic mass is 79.9. The zero-order valence-electron chi connectivity index (χ0n) is 8.61. The molecule has 0 aromatic heterocycles. The lowest BCUT2D eigenvalue weighted by Crippen LogP contribution is -2.05. The Morgan fingerprint density at radius 3 is 2.94 bits per heavy atom. The fourth-order valence-electron chi connectivity index (χ4n) is 1.19. The monoisotopic (exact) mass is 299 g/mol. The van der Waals surface area contributed by atoms with Crippen molar-refractivity contribution in [2.24, 2.45) is 0 Å². The zero-order chi connectivity index (χ0) is 12.1. The maximum atomic E-state index is 10.5. The van der Waals surface area contributed by atoms with E-state index >= 15 is 0 Å². The van der Waals surface area contributed by atoms with Gasteiger partial charge in [0.25, 0.3) is 0 Å². The van der Waals surface area contributed by atoms with E-state index in [0.717, 1.165) is 9.37 Å². The number of halogens is 1. The second-order valence-corrected chi connectivity index (χ2v) is 5.67. The van der Waals surface area contributed by atoms with Crippen LogP contribution in [0.25, 0.3) is 0 Å². The molecule has 5 heteroatoms. The molecule has 0 saturated carbocycles. The lowest BCUT2D eigenvalue weighted by molar-refractivity contribution is -0.136. The van der Waals surface area contributed by atoms with E-state index in [0.29, 0.717) is 5.56 Å². The number of hydrogen-bond acceptors (Lipinski definition) is 3. The fourth-order valence-corrected chi connectivity index (χ4v) is 2.80. The largest absolute Gasteiger partial charge is 0.481 e. The van der Waals surface area contributed by atoms with Crippen molar-refractivity contribution in [2.45, 2.75) is 23.5 Å². The first-order valence-electron chi connectivity index (χ1n) is 4.61. The van der Waals surface area contributed by atoms with Crippen molar-refractivity contribution in [3.63, 3.8) is 0 Å². The third-order valence-corrected chi connectivity index (χ3v) is 3.51. The van der Waals surface area contributed by atoms with Crippen LogP contribution >= 0.6 is 27.7 Å². The molecular weight excluding hydrogens is 290 g/mol. The van der Waals surface area contributed by atoms with Crippen LogP contribution in [0.4, 0.5) is 0 Å². The molecule has 0 bridgehead atoms. The maximum absolute atomic E-state index is 10.5. The van der Waals surface area contributed by atoms with E-state index in [9.17, 15) is 4.79 Å². The molecule has 1 N–H and O–H groups in total. The summed E-state index contributed by atoms with van der Waals surface area (Å²) in [4.78, 5) is 11.3. The molecule has 16 heavy (non-hydrogen) atoms. The minimum Gasteiger partial charge on any atom is -0.481 e. The Bertz CT molecular complexity index is 442. The molecular formula is C11H10BrNO2S. The highest BCUT2D eigenvalue weighted by Gasteiger charge is 2.12. The molecule has 3 nitrogen and oxygen atoms in total. The number of carboxylic acid groups (broad SMARTS) is 1. The normalized spacial score (nSPS) is 11.8. The quantitative estimate of drug-likeness (QED) is 0.867. The molecule has 1 aromatic carbocycles. The number of carboxylic acids is 1. The van der Waals surface area contributed by atoms with Crippen LogP contribution in [0.1, 0.15) is 18.9 Å². The minimum absolute atomic E-state index is 0.0566. The summed E-state index contributed by atoms with van der Waals surface area (Å²) in [7, 11) is 0. The second kappa shape index (κ2) is 5.92. The molecule has 1 atom stereocenters. The number of thioether (sulfide) groups is 1. The lowest BCUT2D eigenvalue weighted by Gasteiger charge is -2.09. The summed E-state index contributed by atoms with van der Waals surface area (Å²) in [5, 5.41) is 17.5. The van der Waals surface area contributed by atoms with Gasteiger partial charge in [-0.2, -0.15) is 5.26 Å². The minimum atomic E-state index is -0.825. The summed E-state index contributed by atoms with van der Waals surface area (Å²) in [6, 6.07) is 7.45. The lowest BCUT2D eigenvalue weighted by atomic mass is 10.2. The van der Waals surface area contributed by atoms with Gasteiger partial charge >= 0.3 is 5.97 Å². The summed E-state index contributed by atoms with van der Waals surface area (Å²) in [5.74, 6) is -0.825. The first-order valence-corrected chi connectivity index (χ1v) is 6.28. The molecule has 1 unspecified atom stereocenters. The average molecular weight is 300 g/mol. The number of carbonyl (C=O) groups is 1. The number of nitriles is 1. The van der Waals surface area contributed by atoms with Crippen molar-refractivity contribution in [1.82, 2.24) is 0 Å². The van der Waals surface area contributed by atoms with Crippen molar-refractivity contribution in [3.05, 3.63) is 28.2 Å². The molecule has 0 heterocycles. The van der Waals surface area contributed by atoms with Crippen molar-refractivity contribution in [1.29, 1.82) is 5.26 Å². The van der Waals surface area contributed by atoms with Gasteiger partial charge in [0.1, 0.15) is 6.07 Å². The summed E-state index contributed by atoms with van der Waals surface area (Å²) < 4.78 is 0.886. The smallest absolute Gasteiger partial charge is 0.304 e. The summed E-state index contributed by atoms with van der Waals surface area (Å²) in [6.07, 6.45) is 0.0854. The molecule has 0 fully saturated rings. The number of hydrogen-bond donors (Lipinski definition) is 1. The van der Waals surface area contributed by atoms with E-state index in [-0.39, 0.29) is 11.7 Å². The molecule has 0 aliphatic rings. The van der Waals surface area contributed by atoms with Crippen molar-refractivity contribution in [2.75, 3.05) is 0 Å². The van der Waals surface area contributed by atoms with Gasteiger partial charge in [-0.25, -0.2) is 0 Å². The molecule has 84 valence electrons. The van der Waals surface area contributed by atoms with Crippen LogP contribution in [-0.2, 0) is 4.79 Å². The molecule has 0 radical (unpaired) electrons. The first-order chi connectivity index (χ1) is 7.52. The SMILES string of the molecule is CC(CC(=O)O)Sc1cc(Br)ccc1C#N. The Hall–Kier alpha value is -0.990. The number of nitrogens with zero attached hydrogens (tertiary/aromatic N) is 1. The van der Waals surface area contributed by atoms with Gasteiger partial charge in [-0.05, 0) is 18.2 Å². The Kier molecular flexibility index (Phi) is 4.84. The van der Waals surface area contributed by atoms with Crippen molar-refractivity contribution >= 4 is 33.7 Å². The Balaban J connectivity index is 2.84. The third kappa shape index (κ3) is 3.87. The number of aliphatic carboxylic acids is 1. The molecule has 0 aliphatic carbocycles. The van der Waals surface area contributed by atoms with Gasteiger partial charge in [0.2, 0.25) is 0 Å². The zero-order valence-corrected chi connectivity index (χ0v) is 11.0. The standard InChI is InChI=1S/C11H10BrNO2S/c1-7(4-11(14)15)16-10-5-9(12)3-2-8(10)6-13/h2-3,5,7H,4H2,1H3,(H,14,15). The molecule has 0 saturated heterocycles. The fraction of sp³-hybridized carbons (Fsp3) is 0.273. The van der Waals surface area contributed by atoms with Crippen LogP contribution in [0.3, 0.4) is 0 Å². The van der Waals surface area contributed by atoms with Gasteiger partial charge in [-0.1, -0.05) is 22.9 Å². The average Bonchev–Trinajstić information content (AvgIpc) is 2.16. The molecule has 0 aliphatic heterocycles. The van der Waals surface area contributed by atoms with Gasteiger partial charge in [-0.3, -0.25) is 4.79 Å². The molecule has 0 spiro atoms. The van der Waals surface area contributed by atoms with Crippen LogP contribution in [0, 0.1) is 11.3 Å². The van der Waals surface area contributed by atoms with Crippen molar-refractivity contribution < 1.29 is 9.90 Å². The third-order valence-electron chi connectivity index (χ3n) is 1.85. The highest BCUT2D eigenvalue weighted by Crippen LogP contribution is 2.30. The van der Waals surface area contributed by atoms with Gasteiger partial charge in [0, 0.05) is 14.6 Å². The van der Waals surface area contributed by atoms with E-state index in [4.69, 9.17) is 10.4 Å². The number of rotatable bonds is 4. The van der Waals surface area contributed by atoms with Crippen LogP contribution < -0.4 is 0 Å². The predicted octanol–water partition coefficient (Wildman–Crippen LogP) is 3.28. The van der Waals surface area contributed by atoms with Crippen LogP contribution in [-0.4, -0.2) is 16.3 Å². The van der Waals surface area contributed by atoms with Crippen LogP contribution in [0.15, 0.2) is 27.6 Å². The van der Waals surface area contributed by atoms with E-state index in [2.05, 4.69) is 22.0 Å². The second-order valence-electron chi connectivity index (χ2n) is 3.28. The van der Waals surface area contributed by atoms with Gasteiger partial charge in [0.05, 0.1) is 12.0 Å². The van der Waals surface area contributed by atoms with Gasteiger partial charge in [-0.15, -0.1) is 11.8 Å². The molecule has 1 rings (SSSR count). The van der Waals surface area contributed by atoms with E-state index in [1.807, 2.05) is 13.0 Å². The van der Waals surface area contributed by atoms with E-state index in [1.165, 1.54) is 11.8 Å². The Morgan fingerprint density at radius 1 is 1.69 bits per heavy atom. The molecule has 0 amide bonds. The maximum Gasteiger partial charge on any atom is 0.304 e. The van der Waals surface area contributed by atoms with Gasteiger partial charge in [0.15, 0.2) is 0 Å². The Morgan fingerprint density at radius 2 is 2.38 bits per heavy atom. The van der Waals surface area contributed by atoms with Crippen LogP contribution in [0.2, 0.25) is 0 Å². The topological polar surface area (TPSA) is 61.1 Å². The summed E-state index contributed by atoms with van der Waals surface area (Å²) in [6.45, 7) is 1.83. The predicted molar refractivity (Wildman–Crippen MR) is 66.4 cm³/mol. The van der Waals surface area contributed by atoms with E-state index < -0.39 is 5.97 Å². The van der Waals surface area contributed by atoms with Crippen molar-refractivity contribution in [3.8, 4) is 6.07 Å².